The van der Waals surface area contributed by atoms with Crippen LogP contribution in [-0.2, 0) is 0 Å². The molecule has 0 radical (unpaired) electrons. The van der Waals surface area contributed by atoms with E-state index in [1.165, 1.54) is 44.9 Å². The summed E-state index contributed by atoms with van der Waals surface area (Å²) in [5, 5.41) is 14.8. The molecule has 0 saturated heterocycles. The summed E-state index contributed by atoms with van der Waals surface area (Å²) < 4.78 is 1.09. The Balaban J connectivity index is 1.68. The fraction of sp³-hybridized carbons (Fsp3) is 0.733. The molecule has 0 spiro atoms. The Morgan fingerprint density at radius 2 is 1.89 bits per heavy atom. The lowest BCUT2D eigenvalue weighted by atomic mass is 9.66. The van der Waals surface area contributed by atoms with E-state index in [0.717, 1.165) is 21.9 Å². The lowest BCUT2D eigenvalue weighted by Gasteiger charge is -2.40. The monoisotopic (exact) mass is 328 g/mol. The second-order valence-electron chi connectivity index (χ2n) is 6.00. The maximum absolute atomic E-state index is 10.6. The van der Waals surface area contributed by atoms with Crippen LogP contribution >= 0.6 is 27.3 Å². The van der Waals surface area contributed by atoms with Gasteiger partial charge in [-0.2, -0.15) is 11.3 Å². The van der Waals surface area contributed by atoms with E-state index in [0.29, 0.717) is 5.92 Å². The van der Waals surface area contributed by atoms with E-state index >= 15 is 0 Å². The first kappa shape index (κ1) is 13.1. The Hall–Kier alpha value is 0.140. The Morgan fingerprint density at radius 3 is 2.61 bits per heavy atom. The van der Waals surface area contributed by atoms with Crippen molar-refractivity contribution in [1.29, 1.82) is 0 Å². The number of thiophene rings is 1. The number of halogens is 1. The highest BCUT2D eigenvalue weighted by atomic mass is 79.9. The molecule has 2 aliphatic rings. The molecule has 3 heteroatoms. The molecule has 0 aliphatic heterocycles. The second-order valence-corrected chi connectivity index (χ2v) is 7.60. The molecule has 0 bridgehead atoms. The number of hydrogen-bond acceptors (Lipinski definition) is 2. The van der Waals surface area contributed by atoms with Crippen LogP contribution in [0, 0.1) is 17.8 Å². The van der Waals surface area contributed by atoms with Crippen LogP contribution in [0.5, 0.6) is 0 Å². The van der Waals surface area contributed by atoms with Gasteiger partial charge in [0.2, 0.25) is 0 Å². The van der Waals surface area contributed by atoms with Crippen LogP contribution in [-0.4, -0.2) is 5.11 Å². The molecule has 4 unspecified atom stereocenters. The summed E-state index contributed by atoms with van der Waals surface area (Å²) in [5.41, 5.74) is 1.11. The van der Waals surface area contributed by atoms with Crippen LogP contribution in [0.2, 0.25) is 0 Å². The molecule has 0 amide bonds. The molecule has 0 aromatic carbocycles. The van der Waals surface area contributed by atoms with Crippen molar-refractivity contribution in [1.82, 2.24) is 0 Å². The van der Waals surface area contributed by atoms with Crippen molar-refractivity contribution in [3.63, 3.8) is 0 Å². The SMILES string of the molecule is OC(c1cscc1Br)C1CCC2CCCCC2C1. The zero-order valence-electron chi connectivity index (χ0n) is 10.6. The van der Waals surface area contributed by atoms with Crippen LogP contribution in [0.25, 0.3) is 0 Å². The standard InChI is InChI=1S/C15H21BrOS/c16-14-9-18-8-13(14)15(17)12-6-5-10-3-1-2-4-11(10)7-12/h8-12,15,17H,1-7H2. The van der Waals surface area contributed by atoms with Crippen molar-refractivity contribution in [3.05, 3.63) is 20.8 Å². The lowest BCUT2D eigenvalue weighted by molar-refractivity contribution is 0.0348. The average molecular weight is 329 g/mol. The number of hydrogen-bond donors (Lipinski definition) is 1. The fourth-order valence-corrected chi connectivity index (χ4v) is 5.51. The average Bonchev–Trinajstić information content (AvgIpc) is 2.83. The smallest absolute Gasteiger partial charge is 0.0837 e. The van der Waals surface area contributed by atoms with Gasteiger partial charge in [0.05, 0.1) is 6.10 Å². The molecular formula is C15H21BrOS. The summed E-state index contributed by atoms with van der Waals surface area (Å²) in [5.74, 6) is 2.34. The van der Waals surface area contributed by atoms with E-state index in [9.17, 15) is 5.11 Å². The van der Waals surface area contributed by atoms with Gasteiger partial charge < -0.3 is 5.11 Å². The largest absolute Gasteiger partial charge is 0.388 e. The summed E-state index contributed by atoms with van der Waals surface area (Å²) >= 11 is 5.23. The normalized spacial score (nSPS) is 34.0. The first-order valence-electron chi connectivity index (χ1n) is 7.15. The highest BCUT2D eigenvalue weighted by Gasteiger charge is 2.35. The van der Waals surface area contributed by atoms with Gasteiger partial charge in [0.15, 0.2) is 0 Å². The highest BCUT2D eigenvalue weighted by Crippen LogP contribution is 2.47. The predicted octanol–water partition coefficient (Wildman–Crippen LogP) is 5.15. The van der Waals surface area contributed by atoms with E-state index < -0.39 is 0 Å². The highest BCUT2D eigenvalue weighted by molar-refractivity contribution is 9.10. The molecule has 2 aliphatic carbocycles. The van der Waals surface area contributed by atoms with Crippen LogP contribution < -0.4 is 0 Å². The summed E-state index contributed by atoms with van der Waals surface area (Å²) in [6, 6.07) is 0. The number of aliphatic hydroxyl groups is 1. The molecule has 18 heavy (non-hydrogen) atoms. The third-order valence-electron chi connectivity index (χ3n) is 4.99. The Kier molecular flexibility index (Phi) is 4.12. The van der Waals surface area contributed by atoms with Crippen molar-refractivity contribution < 1.29 is 5.11 Å². The molecule has 1 N–H and O–H groups in total. The van der Waals surface area contributed by atoms with E-state index in [1.807, 2.05) is 0 Å². The van der Waals surface area contributed by atoms with Gasteiger partial charge in [-0.25, -0.2) is 0 Å². The molecule has 3 rings (SSSR count). The number of aliphatic hydroxyl groups excluding tert-OH is 1. The zero-order valence-corrected chi connectivity index (χ0v) is 13.0. The van der Waals surface area contributed by atoms with Gasteiger partial charge in [-0.15, -0.1) is 0 Å². The molecule has 2 saturated carbocycles. The lowest BCUT2D eigenvalue weighted by Crippen LogP contribution is -2.30. The first-order chi connectivity index (χ1) is 8.75. The van der Waals surface area contributed by atoms with Crippen LogP contribution in [0.3, 0.4) is 0 Å². The van der Waals surface area contributed by atoms with E-state index in [-0.39, 0.29) is 6.10 Å². The van der Waals surface area contributed by atoms with E-state index in [4.69, 9.17) is 0 Å². The van der Waals surface area contributed by atoms with Gasteiger partial charge in [0.25, 0.3) is 0 Å². The Bertz CT molecular complexity index is 403. The van der Waals surface area contributed by atoms with Gasteiger partial charge in [0.1, 0.15) is 0 Å². The molecular weight excluding hydrogens is 308 g/mol. The summed E-state index contributed by atoms with van der Waals surface area (Å²) in [4.78, 5) is 0. The maximum Gasteiger partial charge on any atom is 0.0837 e. The molecule has 100 valence electrons. The molecule has 1 aromatic rings. The van der Waals surface area contributed by atoms with Crippen molar-refractivity contribution in [2.24, 2.45) is 17.8 Å². The minimum Gasteiger partial charge on any atom is -0.388 e. The van der Waals surface area contributed by atoms with Crippen molar-refractivity contribution in [2.45, 2.75) is 51.0 Å². The van der Waals surface area contributed by atoms with Crippen LogP contribution in [0.4, 0.5) is 0 Å². The van der Waals surface area contributed by atoms with Crippen LogP contribution in [0.15, 0.2) is 15.2 Å². The summed E-state index contributed by atoms with van der Waals surface area (Å²) in [6.45, 7) is 0. The minimum absolute atomic E-state index is 0.256. The Morgan fingerprint density at radius 1 is 1.11 bits per heavy atom. The summed E-state index contributed by atoms with van der Waals surface area (Å²) in [6.07, 6.45) is 9.23. The van der Waals surface area contributed by atoms with Gasteiger partial charge >= 0.3 is 0 Å². The van der Waals surface area contributed by atoms with Crippen molar-refractivity contribution in [2.75, 3.05) is 0 Å². The topological polar surface area (TPSA) is 20.2 Å². The third-order valence-corrected chi connectivity index (χ3v) is 6.74. The van der Waals surface area contributed by atoms with E-state index in [2.05, 4.69) is 26.7 Å². The van der Waals surface area contributed by atoms with Crippen molar-refractivity contribution in [3.8, 4) is 0 Å². The van der Waals surface area contributed by atoms with Gasteiger partial charge in [-0.05, 0) is 58.3 Å². The first-order valence-corrected chi connectivity index (χ1v) is 8.89. The summed E-state index contributed by atoms with van der Waals surface area (Å²) in [7, 11) is 0. The molecule has 1 heterocycles. The zero-order chi connectivity index (χ0) is 12.5. The van der Waals surface area contributed by atoms with E-state index in [1.54, 1.807) is 11.3 Å². The molecule has 4 atom stereocenters. The molecule has 1 aromatic heterocycles. The number of rotatable bonds is 2. The van der Waals surface area contributed by atoms with Crippen molar-refractivity contribution >= 4 is 27.3 Å². The molecule has 1 nitrogen and oxygen atoms in total. The third kappa shape index (κ3) is 2.54. The van der Waals surface area contributed by atoms with Gasteiger partial charge in [0, 0.05) is 15.4 Å². The van der Waals surface area contributed by atoms with Gasteiger partial charge in [-0.1, -0.05) is 25.7 Å². The number of fused-ring (bicyclic) bond motifs is 1. The van der Waals surface area contributed by atoms with Crippen LogP contribution in [0.1, 0.15) is 56.6 Å². The van der Waals surface area contributed by atoms with Gasteiger partial charge in [-0.3, -0.25) is 0 Å². The maximum atomic E-state index is 10.6. The second kappa shape index (κ2) is 5.64. The predicted molar refractivity (Wildman–Crippen MR) is 79.8 cm³/mol. The minimum atomic E-state index is -0.256. The fourth-order valence-electron chi connectivity index (χ4n) is 3.95. The Labute approximate surface area is 122 Å². The quantitative estimate of drug-likeness (QED) is 0.795. The molecule has 2 fully saturated rings.